The van der Waals surface area contributed by atoms with Gasteiger partial charge in [-0.15, -0.1) is 11.3 Å². The van der Waals surface area contributed by atoms with E-state index in [1.165, 1.54) is 11.3 Å². The Bertz CT molecular complexity index is 473. The van der Waals surface area contributed by atoms with E-state index in [1.54, 1.807) is 29.9 Å². The van der Waals surface area contributed by atoms with Crippen LogP contribution in [0, 0.1) is 5.82 Å². The van der Waals surface area contributed by atoms with Gasteiger partial charge >= 0.3 is 0 Å². The van der Waals surface area contributed by atoms with Gasteiger partial charge in [0.1, 0.15) is 5.82 Å². The van der Waals surface area contributed by atoms with E-state index in [1.807, 2.05) is 0 Å². The van der Waals surface area contributed by atoms with Crippen LogP contribution in [0.1, 0.15) is 16.5 Å². The minimum atomic E-state index is -0.335. The van der Waals surface area contributed by atoms with Crippen LogP contribution < -0.4 is 5.73 Å². The molecule has 0 saturated carbocycles. The van der Waals surface area contributed by atoms with E-state index < -0.39 is 0 Å². The van der Waals surface area contributed by atoms with Gasteiger partial charge in [0.05, 0.1) is 9.98 Å². The van der Waals surface area contributed by atoms with Crippen molar-refractivity contribution in [2.24, 2.45) is 5.73 Å². The van der Waals surface area contributed by atoms with Crippen molar-refractivity contribution in [2.45, 2.75) is 12.5 Å². The summed E-state index contributed by atoms with van der Waals surface area (Å²) < 4.78 is 14.2. The largest absolute Gasteiger partial charge is 0.324 e. The summed E-state index contributed by atoms with van der Waals surface area (Å²) >= 11 is 4.68. The van der Waals surface area contributed by atoms with E-state index in [2.05, 4.69) is 20.9 Å². The number of aromatic nitrogens is 1. The van der Waals surface area contributed by atoms with Crippen molar-refractivity contribution in [3.63, 3.8) is 0 Å². The van der Waals surface area contributed by atoms with Gasteiger partial charge in [0.2, 0.25) is 0 Å². The predicted octanol–water partition coefficient (Wildman–Crippen LogP) is 3.29. The summed E-state index contributed by atoms with van der Waals surface area (Å²) in [5, 5.41) is 0. The highest BCUT2D eigenvalue weighted by molar-refractivity contribution is 9.10. The normalized spacial score (nSPS) is 12.7. The molecule has 0 spiro atoms. The molecule has 0 aliphatic heterocycles. The lowest BCUT2D eigenvalue weighted by Gasteiger charge is -2.12. The van der Waals surface area contributed by atoms with Gasteiger partial charge in [-0.1, -0.05) is 12.1 Å². The predicted molar refractivity (Wildman–Crippen MR) is 66.8 cm³/mol. The first-order chi connectivity index (χ1) is 7.68. The van der Waals surface area contributed by atoms with Gasteiger partial charge in [0.15, 0.2) is 0 Å². The van der Waals surface area contributed by atoms with Crippen molar-refractivity contribution in [3.8, 4) is 0 Å². The number of hydrogen-bond acceptors (Lipinski definition) is 3. The third-order valence-corrected chi connectivity index (χ3v) is 3.70. The van der Waals surface area contributed by atoms with Crippen LogP contribution in [0.25, 0.3) is 0 Å². The summed E-state index contributed by atoms with van der Waals surface area (Å²) in [7, 11) is 0. The van der Waals surface area contributed by atoms with Crippen molar-refractivity contribution >= 4 is 27.3 Å². The zero-order valence-electron chi connectivity index (χ0n) is 8.36. The fraction of sp³-hybridized carbons (Fsp3) is 0.182. The lowest BCUT2D eigenvalue weighted by molar-refractivity contribution is 0.576. The van der Waals surface area contributed by atoms with Crippen molar-refractivity contribution in [3.05, 3.63) is 50.6 Å². The van der Waals surface area contributed by atoms with E-state index >= 15 is 0 Å². The molecule has 1 heterocycles. The second-order valence-corrected chi connectivity index (χ2v) is 5.25. The Hall–Kier alpha value is -0.780. The summed E-state index contributed by atoms with van der Waals surface area (Å²) in [4.78, 5) is 5.03. The fourth-order valence-corrected chi connectivity index (χ4v) is 2.51. The molecule has 1 aromatic carbocycles. The smallest absolute Gasteiger partial charge is 0.142 e. The van der Waals surface area contributed by atoms with Crippen LogP contribution in [0.3, 0.4) is 0 Å². The maximum absolute atomic E-state index is 13.7. The molecular weight excluding hydrogens is 291 g/mol. The van der Waals surface area contributed by atoms with E-state index in [0.29, 0.717) is 16.5 Å². The summed E-state index contributed by atoms with van der Waals surface area (Å²) in [6, 6.07) is 4.83. The van der Waals surface area contributed by atoms with Gasteiger partial charge < -0.3 is 5.73 Å². The zero-order chi connectivity index (χ0) is 11.5. The molecule has 16 heavy (non-hydrogen) atoms. The Kier molecular flexibility index (Phi) is 3.68. The number of rotatable bonds is 3. The molecule has 84 valence electrons. The number of thiazole rings is 1. The zero-order valence-corrected chi connectivity index (χ0v) is 10.8. The molecule has 2 rings (SSSR count). The quantitative estimate of drug-likeness (QED) is 0.945. The topological polar surface area (TPSA) is 38.9 Å². The lowest BCUT2D eigenvalue weighted by atomic mass is 10.0. The molecule has 1 aromatic heterocycles. The molecule has 5 heteroatoms. The summed E-state index contributed by atoms with van der Waals surface area (Å²) in [6.45, 7) is 0. The number of nitrogens with two attached hydrogens (primary N) is 1. The fourth-order valence-electron chi connectivity index (χ4n) is 1.48. The van der Waals surface area contributed by atoms with Crippen molar-refractivity contribution in [1.82, 2.24) is 4.98 Å². The highest BCUT2D eigenvalue weighted by atomic mass is 79.9. The molecule has 0 aliphatic rings. The Morgan fingerprint density at radius 2 is 2.31 bits per heavy atom. The third-order valence-electron chi connectivity index (χ3n) is 2.29. The first kappa shape index (κ1) is 11.7. The number of benzene rings is 1. The van der Waals surface area contributed by atoms with Crippen LogP contribution in [0.15, 0.2) is 34.4 Å². The van der Waals surface area contributed by atoms with Crippen LogP contribution in [0.4, 0.5) is 4.39 Å². The van der Waals surface area contributed by atoms with Gasteiger partial charge in [-0.25, -0.2) is 4.39 Å². The van der Waals surface area contributed by atoms with Gasteiger partial charge in [-0.2, -0.15) is 0 Å². The van der Waals surface area contributed by atoms with E-state index in [9.17, 15) is 4.39 Å². The average Bonchev–Trinajstić information content (AvgIpc) is 2.74. The Labute approximate surface area is 105 Å². The molecular formula is C11H10BrFN2S. The first-order valence-electron chi connectivity index (χ1n) is 4.75. The molecule has 0 saturated heterocycles. The van der Waals surface area contributed by atoms with Crippen LogP contribution in [-0.4, -0.2) is 4.98 Å². The minimum absolute atomic E-state index is 0.278. The molecule has 2 nitrogen and oxygen atoms in total. The van der Waals surface area contributed by atoms with Crippen LogP contribution in [0.2, 0.25) is 0 Å². The second-order valence-electron chi connectivity index (χ2n) is 3.42. The molecule has 1 unspecified atom stereocenters. The molecule has 0 bridgehead atoms. The number of halogens is 2. The Balaban J connectivity index is 2.21. The maximum Gasteiger partial charge on any atom is 0.142 e. The van der Waals surface area contributed by atoms with Crippen LogP contribution in [0.5, 0.6) is 0 Å². The van der Waals surface area contributed by atoms with Crippen LogP contribution in [-0.2, 0) is 6.42 Å². The standard InChI is InChI=1S/C11H10BrFN2S/c12-9-3-1-2-8(11(9)13)10(14)4-7-5-15-6-16-7/h1-3,5-6,10H,4,14H2. The molecule has 0 amide bonds. The lowest BCUT2D eigenvalue weighted by Crippen LogP contribution is -2.14. The van der Waals surface area contributed by atoms with Crippen molar-refractivity contribution in [1.29, 1.82) is 0 Å². The van der Waals surface area contributed by atoms with Gasteiger partial charge in [0.25, 0.3) is 0 Å². The highest BCUT2D eigenvalue weighted by Crippen LogP contribution is 2.25. The monoisotopic (exact) mass is 300 g/mol. The molecule has 0 aliphatic carbocycles. The molecule has 2 aromatic rings. The minimum Gasteiger partial charge on any atom is -0.324 e. The molecule has 0 fully saturated rings. The van der Waals surface area contributed by atoms with E-state index in [-0.39, 0.29) is 11.9 Å². The van der Waals surface area contributed by atoms with Crippen LogP contribution >= 0.6 is 27.3 Å². The van der Waals surface area contributed by atoms with Gasteiger partial charge in [-0.05, 0) is 22.0 Å². The average molecular weight is 301 g/mol. The second kappa shape index (κ2) is 5.03. The number of hydrogen-bond donors (Lipinski definition) is 1. The first-order valence-corrected chi connectivity index (χ1v) is 6.42. The number of nitrogens with zero attached hydrogens (tertiary/aromatic N) is 1. The molecule has 0 radical (unpaired) electrons. The van der Waals surface area contributed by atoms with E-state index in [4.69, 9.17) is 5.73 Å². The Morgan fingerprint density at radius 1 is 1.50 bits per heavy atom. The maximum atomic E-state index is 13.7. The summed E-state index contributed by atoms with van der Waals surface area (Å²) in [6.07, 6.45) is 2.37. The highest BCUT2D eigenvalue weighted by Gasteiger charge is 2.14. The SMILES string of the molecule is NC(Cc1cncs1)c1cccc(Br)c1F. The van der Waals surface area contributed by atoms with Gasteiger partial charge in [0, 0.05) is 29.1 Å². The van der Waals surface area contributed by atoms with Gasteiger partial charge in [-0.3, -0.25) is 4.98 Å². The van der Waals surface area contributed by atoms with Crippen molar-refractivity contribution < 1.29 is 4.39 Å². The van der Waals surface area contributed by atoms with Crippen molar-refractivity contribution in [2.75, 3.05) is 0 Å². The summed E-state index contributed by atoms with van der Waals surface area (Å²) in [5.41, 5.74) is 8.25. The Morgan fingerprint density at radius 3 is 3.00 bits per heavy atom. The molecule has 2 N–H and O–H groups in total. The third kappa shape index (κ3) is 2.48. The molecule has 1 atom stereocenters. The summed E-state index contributed by atoms with van der Waals surface area (Å²) in [5.74, 6) is -0.278. The van der Waals surface area contributed by atoms with E-state index in [0.717, 1.165) is 4.88 Å².